The largest absolute Gasteiger partial charge is 0.373 e. The molecule has 5 rings (SSSR count). The summed E-state index contributed by atoms with van der Waals surface area (Å²) in [5, 5.41) is 0. The van der Waals surface area contributed by atoms with Crippen LogP contribution in [-0.4, -0.2) is 51.6 Å². The average Bonchev–Trinajstić information content (AvgIpc) is 3.42. The van der Waals surface area contributed by atoms with E-state index in [0.717, 1.165) is 43.1 Å². The zero-order valence-corrected chi connectivity index (χ0v) is 15.6. The summed E-state index contributed by atoms with van der Waals surface area (Å²) < 4.78 is 7.83. The molecule has 5 nitrogen and oxygen atoms in total. The van der Waals surface area contributed by atoms with Gasteiger partial charge in [0.05, 0.1) is 18.9 Å². The maximum absolute atomic E-state index is 13.3. The highest BCUT2D eigenvalue weighted by molar-refractivity contribution is 7.99. The third kappa shape index (κ3) is 2.67. The first kappa shape index (κ1) is 16.4. The van der Waals surface area contributed by atoms with Gasteiger partial charge in [0, 0.05) is 31.0 Å². The summed E-state index contributed by atoms with van der Waals surface area (Å²) in [6, 6.07) is 10.1. The SMILES string of the molecule is O=C(c1nc(-c2ccccc2)n2c1COCC2)N1CCC2(CCSC2)C1. The first-order valence-electron chi connectivity index (χ1n) is 9.35. The number of thioether (sulfide) groups is 1. The van der Waals surface area contributed by atoms with E-state index in [1.54, 1.807) is 0 Å². The normalized spacial score (nSPS) is 25.0. The Labute approximate surface area is 157 Å². The molecule has 3 aliphatic rings. The summed E-state index contributed by atoms with van der Waals surface area (Å²) in [4.78, 5) is 20.1. The number of ether oxygens (including phenoxy) is 1. The molecule has 3 aliphatic heterocycles. The molecule has 1 aromatic carbocycles. The second-order valence-electron chi connectivity index (χ2n) is 7.58. The number of carbonyl (C=O) groups excluding carboxylic acids is 1. The molecule has 1 amide bonds. The number of rotatable bonds is 2. The minimum absolute atomic E-state index is 0.0789. The molecule has 136 valence electrons. The molecule has 1 unspecified atom stereocenters. The van der Waals surface area contributed by atoms with Gasteiger partial charge >= 0.3 is 0 Å². The number of carbonyl (C=O) groups is 1. The zero-order chi connectivity index (χ0) is 17.6. The third-order valence-corrected chi connectivity index (χ3v) is 7.22. The van der Waals surface area contributed by atoms with Gasteiger partial charge < -0.3 is 14.2 Å². The molecule has 1 spiro atoms. The van der Waals surface area contributed by atoms with E-state index in [-0.39, 0.29) is 5.91 Å². The van der Waals surface area contributed by atoms with Crippen LogP contribution in [0.4, 0.5) is 0 Å². The number of amides is 1. The number of benzene rings is 1. The van der Waals surface area contributed by atoms with E-state index >= 15 is 0 Å². The highest BCUT2D eigenvalue weighted by Crippen LogP contribution is 2.43. The smallest absolute Gasteiger partial charge is 0.274 e. The van der Waals surface area contributed by atoms with Crippen LogP contribution in [0, 0.1) is 5.41 Å². The Morgan fingerprint density at radius 1 is 1.19 bits per heavy atom. The van der Waals surface area contributed by atoms with E-state index in [0.29, 0.717) is 24.3 Å². The Kier molecular flexibility index (Phi) is 4.05. The second-order valence-corrected chi connectivity index (χ2v) is 8.69. The van der Waals surface area contributed by atoms with E-state index in [1.807, 2.05) is 34.9 Å². The summed E-state index contributed by atoms with van der Waals surface area (Å²) in [6.45, 7) is 3.62. The molecule has 1 atom stereocenters. The Bertz CT molecular complexity index is 827. The molecule has 1 aromatic heterocycles. The van der Waals surface area contributed by atoms with Gasteiger partial charge in [-0.15, -0.1) is 0 Å². The molecular formula is C20H23N3O2S. The van der Waals surface area contributed by atoms with Crippen LogP contribution in [0.3, 0.4) is 0 Å². The van der Waals surface area contributed by atoms with Crippen molar-refractivity contribution >= 4 is 17.7 Å². The standard InChI is InChI=1S/C20H23N3O2S/c24-19(22-8-6-20(13-22)7-11-26-14-20)17-16-12-25-10-9-23(16)18(21-17)15-4-2-1-3-5-15/h1-5H,6-14H2. The lowest BCUT2D eigenvalue weighted by atomic mass is 9.87. The number of imidazole rings is 1. The van der Waals surface area contributed by atoms with Crippen LogP contribution in [0.2, 0.25) is 0 Å². The molecule has 0 aliphatic carbocycles. The number of hydrogen-bond donors (Lipinski definition) is 0. The minimum Gasteiger partial charge on any atom is -0.373 e. The van der Waals surface area contributed by atoms with Crippen molar-refractivity contribution in [3.8, 4) is 11.4 Å². The molecule has 26 heavy (non-hydrogen) atoms. The molecule has 2 aromatic rings. The van der Waals surface area contributed by atoms with Gasteiger partial charge in [0.15, 0.2) is 5.69 Å². The summed E-state index contributed by atoms with van der Waals surface area (Å²) in [5.74, 6) is 3.39. The fourth-order valence-corrected chi connectivity index (χ4v) is 5.94. The highest BCUT2D eigenvalue weighted by atomic mass is 32.2. The van der Waals surface area contributed by atoms with Gasteiger partial charge in [0.1, 0.15) is 5.82 Å². The Morgan fingerprint density at radius 3 is 2.88 bits per heavy atom. The molecule has 0 bridgehead atoms. The Hall–Kier alpha value is -1.79. The van der Waals surface area contributed by atoms with E-state index < -0.39 is 0 Å². The van der Waals surface area contributed by atoms with Crippen LogP contribution in [0.1, 0.15) is 29.0 Å². The predicted molar refractivity (Wildman–Crippen MR) is 102 cm³/mol. The third-order valence-electron chi connectivity index (χ3n) is 5.92. The monoisotopic (exact) mass is 369 g/mol. The molecule has 6 heteroatoms. The van der Waals surface area contributed by atoms with Crippen LogP contribution in [0.25, 0.3) is 11.4 Å². The Balaban J connectivity index is 1.49. The van der Waals surface area contributed by atoms with Crippen molar-refractivity contribution < 1.29 is 9.53 Å². The first-order valence-corrected chi connectivity index (χ1v) is 10.5. The number of hydrogen-bond acceptors (Lipinski definition) is 4. The highest BCUT2D eigenvalue weighted by Gasteiger charge is 2.43. The number of nitrogens with zero attached hydrogens (tertiary/aromatic N) is 3. The molecule has 0 saturated carbocycles. The van der Waals surface area contributed by atoms with Gasteiger partial charge in [-0.05, 0) is 24.0 Å². The number of fused-ring (bicyclic) bond motifs is 1. The van der Waals surface area contributed by atoms with E-state index in [4.69, 9.17) is 9.72 Å². The van der Waals surface area contributed by atoms with E-state index in [2.05, 4.69) is 16.7 Å². The average molecular weight is 369 g/mol. The summed E-state index contributed by atoms with van der Waals surface area (Å²) in [5.41, 5.74) is 2.92. The Morgan fingerprint density at radius 2 is 2.08 bits per heavy atom. The van der Waals surface area contributed by atoms with Gasteiger partial charge in [-0.3, -0.25) is 4.79 Å². The molecule has 4 heterocycles. The second kappa shape index (κ2) is 6.43. The number of aromatic nitrogens is 2. The quantitative estimate of drug-likeness (QED) is 0.816. The van der Waals surface area contributed by atoms with Gasteiger partial charge in [0.2, 0.25) is 0 Å². The maximum atomic E-state index is 13.3. The van der Waals surface area contributed by atoms with E-state index in [1.165, 1.54) is 17.9 Å². The van der Waals surface area contributed by atoms with E-state index in [9.17, 15) is 4.79 Å². The van der Waals surface area contributed by atoms with Crippen molar-refractivity contribution in [1.29, 1.82) is 0 Å². The lowest BCUT2D eigenvalue weighted by Gasteiger charge is -2.23. The van der Waals surface area contributed by atoms with Crippen LogP contribution < -0.4 is 0 Å². The first-order chi connectivity index (χ1) is 12.8. The van der Waals surface area contributed by atoms with Crippen LogP contribution >= 0.6 is 11.8 Å². The van der Waals surface area contributed by atoms with Crippen LogP contribution in [-0.2, 0) is 17.9 Å². The summed E-state index contributed by atoms with van der Waals surface area (Å²) in [7, 11) is 0. The van der Waals surface area contributed by atoms with Crippen molar-refractivity contribution in [2.75, 3.05) is 31.2 Å². The summed E-state index contributed by atoms with van der Waals surface area (Å²) in [6.07, 6.45) is 2.37. The molecular weight excluding hydrogens is 346 g/mol. The van der Waals surface area contributed by atoms with Crippen molar-refractivity contribution in [1.82, 2.24) is 14.5 Å². The summed E-state index contributed by atoms with van der Waals surface area (Å²) >= 11 is 2.03. The molecule has 2 fully saturated rings. The zero-order valence-electron chi connectivity index (χ0n) is 14.8. The van der Waals surface area contributed by atoms with Gasteiger partial charge in [0.25, 0.3) is 5.91 Å². The maximum Gasteiger partial charge on any atom is 0.274 e. The van der Waals surface area contributed by atoms with Crippen molar-refractivity contribution in [3.05, 3.63) is 41.7 Å². The number of likely N-dealkylation sites (tertiary alicyclic amines) is 1. The topological polar surface area (TPSA) is 47.4 Å². The molecule has 2 saturated heterocycles. The van der Waals surface area contributed by atoms with Crippen molar-refractivity contribution in [2.24, 2.45) is 5.41 Å². The molecule has 0 radical (unpaired) electrons. The van der Waals surface area contributed by atoms with Crippen LogP contribution in [0.5, 0.6) is 0 Å². The van der Waals surface area contributed by atoms with Crippen LogP contribution in [0.15, 0.2) is 30.3 Å². The lowest BCUT2D eigenvalue weighted by Crippen LogP contribution is -2.33. The van der Waals surface area contributed by atoms with Gasteiger partial charge in [-0.1, -0.05) is 30.3 Å². The fraction of sp³-hybridized carbons (Fsp3) is 0.500. The van der Waals surface area contributed by atoms with Crippen molar-refractivity contribution in [2.45, 2.75) is 26.0 Å². The molecule has 0 N–H and O–H groups in total. The lowest BCUT2D eigenvalue weighted by molar-refractivity contribution is 0.0725. The fourth-order valence-electron chi connectivity index (χ4n) is 4.41. The predicted octanol–water partition coefficient (Wildman–Crippen LogP) is 3.05. The van der Waals surface area contributed by atoms with Gasteiger partial charge in [-0.2, -0.15) is 11.8 Å². The minimum atomic E-state index is 0.0789. The van der Waals surface area contributed by atoms with Crippen molar-refractivity contribution in [3.63, 3.8) is 0 Å². The van der Waals surface area contributed by atoms with Gasteiger partial charge in [-0.25, -0.2) is 4.98 Å².